The van der Waals surface area contributed by atoms with Gasteiger partial charge in [0.15, 0.2) is 0 Å². The van der Waals surface area contributed by atoms with E-state index in [9.17, 15) is 0 Å². The number of nitriles is 1. The Morgan fingerprint density at radius 1 is 1.37 bits per heavy atom. The van der Waals surface area contributed by atoms with Gasteiger partial charge in [0.25, 0.3) is 0 Å². The van der Waals surface area contributed by atoms with Crippen molar-refractivity contribution in [2.24, 2.45) is 5.41 Å². The summed E-state index contributed by atoms with van der Waals surface area (Å²) in [6.45, 7) is 1.81. The van der Waals surface area contributed by atoms with Gasteiger partial charge in [0.1, 0.15) is 0 Å². The second-order valence-electron chi connectivity index (χ2n) is 5.45. The standard InChI is InChI=1S/C16H22N2O/c1-19-12-10-16(8-9-16)13-18-15(7-11-17)14-5-3-2-4-6-14/h2-6,15,18H,7-10,12-13H2,1H3. The molecule has 19 heavy (non-hydrogen) atoms. The highest BCUT2D eigenvalue weighted by Crippen LogP contribution is 2.48. The van der Waals surface area contributed by atoms with Crippen LogP contribution in [0.3, 0.4) is 0 Å². The molecule has 0 amide bonds. The predicted octanol–water partition coefficient (Wildman–Crippen LogP) is 3.05. The van der Waals surface area contributed by atoms with Crippen LogP contribution in [0.4, 0.5) is 0 Å². The highest BCUT2D eigenvalue weighted by molar-refractivity contribution is 5.20. The second kappa shape index (κ2) is 6.70. The van der Waals surface area contributed by atoms with Gasteiger partial charge in [-0.25, -0.2) is 0 Å². The number of benzene rings is 1. The van der Waals surface area contributed by atoms with Crippen LogP contribution in [0.5, 0.6) is 0 Å². The normalized spacial score (nSPS) is 17.7. The van der Waals surface area contributed by atoms with Crippen molar-refractivity contribution in [3.63, 3.8) is 0 Å². The maximum absolute atomic E-state index is 8.97. The first kappa shape index (κ1) is 14.0. The number of ether oxygens (including phenoxy) is 1. The fourth-order valence-corrected chi connectivity index (χ4v) is 2.43. The molecule has 0 aliphatic heterocycles. The van der Waals surface area contributed by atoms with Crippen LogP contribution in [0.25, 0.3) is 0 Å². The van der Waals surface area contributed by atoms with Gasteiger partial charge >= 0.3 is 0 Å². The monoisotopic (exact) mass is 258 g/mol. The zero-order chi connectivity index (χ0) is 13.6. The lowest BCUT2D eigenvalue weighted by Gasteiger charge is -2.21. The lowest BCUT2D eigenvalue weighted by Crippen LogP contribution is -2.29. The Morgan fingerprint density at radius 2 is 2.11 bits per heavy atom. The Balaban J connectivity index is 1.90. The molecule has 1 atom stereocenters. The maximum Gasteiger partial charge on any atom is 0.0641 e. The van der Waals surface area contributed by atoms with Gasteiger partial charge in [-0.3, -0.25) is 0 Å². The summed E-state index contributed by atoms with van der Waals surface area (Å²) in [4.78, 5) is 0. The van der Waals surface area contributed by atoms with Crippen LogP contribution in [0.15, 0.2) is 30.3 Å². The molecule has 1 aliphatic rings. The number of hydrogen-bond acceptors (Lipinski definition) is 3. The van der Waals surface area contributed by atoms with Crippen molar-refractivity contribution in [2.75, 3.05) is 20.3 Å². The lowest BCUT2D eigenvalue weighted by molar-refractivity contribution is 0.170. The molecule has 0 bridgehead atoms. The van der Waals surface area contributed by atoms with Crippen LogP contribution in [0.1, 0.15) is 37.3 Å². The van der Waals surface area contributed by atoms with Crippen LogP contribution in [-0.4, -0.2) is 20.3 Å². The zero-order valence-corrected chi connectivity index (χ0v) is 11.6. The Labute approximate surface area is 115 Å². The van der Waals surface area contributed by atoms with E-state index in [0.29, 0.717) is 11.8 Å². The summed E-state index contributed by atoms with van der Waals surface area (Å²) in [6.07, 6.45) is 4.18. The number of methoxy groups -OCH3 is 1. The summed E-state index contributed by atoms with van der Waals surface area (Å²) in [5.41, 5.74) is 1.62. The molecule has 1 aromatic carbocycles. The molecule has 1 N–H and O–H groups in total. The fourth-order valence-electron chi connectivity index (χ4n) is 2.43. The van der Waals surface area contributed by atoms with Gasteiger partial charge in [-0.15, -0.1) is 0 Å². The molecule has 2 rings (SSSR count). The van der Waals surface area contributed by atoms with E-state index in [-0.39, 0.29) is 6.04 Å². The summed E-state index contributed by atoms with van der Waals surface area (Å²) in [5, 5.41) is 12.5. The van der Waals surface area contributed by atoms with E-state index >= 15 is 0 Å². The van der Waals surface area contributed by atoms with Crippen molar-refractivity contribution < 1.29 is 4.74 Å². The average molecular weight is 258 g/mol. The molecule has 102 valence electrons. The first-order chi connectivity index (χ1) is 9.29. The summed E-state index contributed by atoms with van der Waals surface area (Å²) in [6, 6.07) is 12.7. The Hall–Kier alpha value is -1.37. The molecule has 1 aliphatic carbocycles. The molecule has 1 unspecified atom stereocenters. The van der Waals surface area contributed by atoms with Crippen LogP contribution in [0, 0.1) is 16.7 Å². The fraction of sp³-hybridized carbons (Fsp3) is 0.562. The van der Waals surface area contributed by atoms with E-state index < -0.39 is 0 Å². The molecule has 1 aromatic rings. The van der Waals surface area contributed by atoms with Gasteiger partial charge in [-0.1, -0.05) is 30.3 Å². The predicted molar refractivity (Wildman–Crippen MR) is 75.6 cm³/mol. The molecule has 0 aromatic heterocycles. The molecule has 3 nitrogen and oxygen atoms in total. The summed E-state index contributed by atoms with van der Waals surface area (Å²) in [7, 11) is 1.76. The van der Waals surface area contributed by atoms with Crippen LogP contribution in [0.2, 0.25) is 0 Å². The van der Waals surface area contributed by atoms with E-state index in [1.807, 2.05) is 18.2 Å². The minimum absolute atomic E-state index is 0.145. The largest absolute Gasteiger partial charge is 0.385 e. The minimum atomic E-state index is 0.145. The van der Waals surface area contributed by atoms with Gasteiger partial charge < -0.3 is 10.1 Å². The van der Waals surface area contributed by atoms with Crippen molar-refractivity contribution >= 4 is 0 Å². The molecule has 0 heterocycles. The number of nitrogens with zero attached hydrogens (tertiary/aromatic N) is 1. The molecular weight excluding hydrogens is 236 g/mol. The van der Waals surface area contributed by atoms with E-state index in [1.165, 1.54) is 18.4 Å². The quantitative estimate of drug-likeness (QED) is 0.779. The smallest absolute Gasteiger partial charge is 0.0641 e. The molecule has 0 radical (unpaired) electrons. The van der Waals surface area contributed by atoms with Crippen LogP contribution in [-0.2, 0) is 4.74 Å². The highest BCUT2D eigenvalue weighted by Gasteiger charge is 2.41. The number of hydrogen-bond donors (Lipinski definition) is 1. The van der Waals surface area contributed by atoms with Crippen molar-refractivity contribution in [3.05, 3.63) is 35.9 Å². The molecule has 3 heteroatoms. The second-order valence-corrected chi connectivity index (χ2v) is 5.45. The third kappa shape index (κ3) is 4.05. The summed E-state index contributed by atoms with van der Waals surface area (Å²) < 4.78 is 5.18. The van der Waals surface area contributed by atoms with Crippen LogP contribution >= 0.6 is 0 Å². The molecule has 1 fully saturated rings. The molecule has 0 spiro atoms. The minimum Gasteiger partial charge on any atom is -0.385 e. The number of rotatable bonds is 8. The van der Waals surface area contributed by atoms with E-state index in [2.05, 4.69) is 23.5 Å². The summed E-state index contributed by atoms with van der Waals surface area (Å²) in [5.74, 6) is 0. The molecule has 0 saturated heterocycles. The van der Waals surface area contributed by atoms with E-state index in [4.69, 9.17) is 10.00 Å². The third-order valence-electron chi connectivity index (χ3n) is 4.01. The zero-order valence-electron chi connectivity index (χ0n) is 11.6. The highest BCUT2D eigenvalue weighted by atomic mass is 16.5. The van der Waals surface area contributed by atoms with Gasteiger partial charge in [0.2, 0.25) is 0 Å². The molecule has 1 saturated carbocycles. The van der Waals surface area contributed by atoms with Crippen molar-refractivity contribution in [1.82, 2.24) is 5.32 Å². The number of nitrogens with one attached hydrogen (secondary N) is 1. The van der Waals surface area contributed by atoms with E-state index in [1.54, 1.807) is 7.11 Å². The van der Waals surface area contributed by atoms with E-state index in [0.717, 1.165) is 19.6 Å². The average Bonchev–Trinajstić information content (AvgIpc) is 3.23. The Bertz CT molecular complexity index is 420. The maximum atomic E-state index is 8.97. The van der Waals surface area contributed by atoms with Gasteiger partial charge in [-0.2, -0.15) is 5.26 Å². The summed E-state index contributed by atoms with van der Waals surface area (Å²) >= 11 is 0. The van der Waals surface area contributed by atoms with Gasteiger partial charge in [0.05, 0.1) is 12.5 Å². The Kier molecular flexibility index (Phi) is 4.95. The van der Waals surface area contributed by atoms with Gasteiger partial charge in [-0.05, 0) is 30.2 Å². The first-order valence-electron chi connectivity index (χ1n) is 6.94. The topological polar surface area (TPSA) is 45.0 Å². The van der Waals surface area contributed by atoms with Crippen molar-refractivity contribution in [3.8, 4) is 6.07 Å². The van der Waals surface area contributed by atoms with Crippen LogP contribution < -0.4 is 5.32 Å². The lowest BCUT2D eigenvalue weighted by atomic mass is 10.00. The van der Waals surface area contributed by atoms with Crippen molar-refractivity contribution in [2.45, 2.75) is 31.7 Å². The molecular formula is C16H22N2O. The third-order valence-corrected chi connectivity index (χ3v) is 4.01. The van der Waals surface area contributed by atoms with Gasteiger partial charge in [0, 0.05) is 26.3 Å². The van der Waals surface area contributed by atoms with Crippen molar-refractivity contribution in [1.29, 1.82) is 5.26 Å². The Morgan fingerprint density at radius 3 is 2.68 bits per heavy atom. The SMILES string of the molecule is COCCC1(CNC(CC#N)c2ccccc2)CC1. The first-order valence-corrected chi connectivity index (χ1v) is 6.94.